The van der Waals surface area contributed by atoms with Crippen LogP contribution in [0, 0.1) is 11.3 Å². The summed E-state index contributed by atoms with van der Waals surface area (Å²) in [6.45, 7) is 2.76. The maximum Gasteiger partial charge on any atom is 0.208 e. The Bertz CT molecular complexity index is 956. The first kappa shape index (κ1) is 15.3. The highest BCUT2D eigenvalue weighted by Gasteiger charge is 2.35. The van der Waals surface area contributed by atoms with E-state index in [0.717, 1.165) is 13.0 Å². The standard InChI is InChI=1S/C17H14N2O3S/c1-2-7-19-12-4-6-15-14(9-12)17(20)13-5-3-11(10-18)8-16(13)23(15,21)22/h3-6,8-9,19H,2,7H2,1H3. The summed E-state index contributed by atoms with van der Waals surface area (Å²) in [5.41, 5.74) is 1.21. The van der Waals surface area contributed by atoms with Crippen molar-refractivity contribution in [3.8, 4) is 6.07 Å². The molecule has 0 radical (unpaired) electrons. The van der Waals surface area contributed by atoms with Crippen LogP contribution in [0.15, 0.2) is 46.2 Å². The lowest BCUT2D eigenvalue weighted by molar-refractivity contribution is 0.103. The van der Waals surface area contributed by atoms with Gasteiger partial charge in [-0.3, -0.25) is 4.79 Å². The predicted molar refractivity (Wildman–Crippen MR) is 85.3 cm³/mol. The molecule has 0 amide bonds. The van der Waals surface area contributed by atoms with Crippen molar-refractivity contribution >= 4 is 21.3 Å². The molecule has 0 unspecified atom stereocenters. The molecule has 0 spiro atoms. The minimum absolute atomic E-state index is 0.00728. The molecule has 116 valence electrons. The molecule has 0 aliphatic carbocycles. The lowest BCUT2D eigenvalue weighted by atomic mass is 10.0. The number of ketones is 1. The van der Waals surface area contributed by atoms with Crippen molar-refractivity contribution < 1.29 is 13.2 Å². The van der Waals surface area contributed by atoms with E-state index in [0.29, 0.717) is 5.69 Å². The van der Waals surface area contributed by atoms with Crippen LogP contribution in [-0.4, -0.2) is 20.7 Å². The van der Waals surface area contributed by atoms with Gasteiger partial charge in [0, 0.05) is 23.4 Å². The van der Waals surface area contributed by atoms with Crippen LogP contribution in [-0.2, 0) is 9.84 Å². The molecule has 0 atom stereocenters. The molecule has 2 aromatic carbocycles. The van der Waals surface area contributed by atoms with E-state index in [-0.39, 0.29) is 32.3 Å². The van der Waals surface area contributed by atoms with Gasteiger partial charge in [0.25, 0.3) is 0 Å². The fraction of sp³-hybridized carbons (Fsp3) is 0.176. The molecule has 23 heavy (non-hydrogen) atoms. The number of carbonyl (C=O) groups is 1. The van der Waals surface area contributed by atoms with Crippen molar-refractivity contribution in [3.63, 3.8) is 0 Å². The average molecular weight is 326 g/mol. The molecule has 0 fully saturated rings. The number of benzene rings is 2. The van der Waals surface area contributed by atoms with Crippen LogP contribution in [0.4, 0.5) is 5.69 Å². The summed E-state index contributed by atoms with van der Waals surface area (Å²) < 4.78 is 25.5. The molecule has 5 nitrogen and oxygen atoms in total. The fourth-order valence-corrected chi connectivity index (χ4v) is 4.24. The Labute approximate surface area is 134 Å². The molecule has 6 heteroatoms. The van der Waals surface area contributed by atoms with Gasteiger partial charge < -0.3 is 5.32 Å². The lowest BCUT2D eigenvalue weighted by Crippen LogP contribution is -2.20. The second kappa shape index (κ2) is 5.52. The number of hydrogen-bond acceptors (Lipinski definition) is 5. The Morgan fingerprint density at radius 3 is 2.57 bits per heavy atom. The van der Waals surface area contributed by atoms with Gasteiger partial charge in [0.05, 0.1) is 21.4 Å². The van der Waals surface area contributed by atoms with Crippen LogP contribution >= 0.6 is 0 Å². The highest BCUT2D eigenvalue weighted by Crippen LogP contribution is 2.36. The highest BCUT2D eigenvalue weighted by molar-refractivity contribution is 7.91. The van der Waals surface area contributed by atoms with Crippen LogP contribution in [0.3, 0.4) is 0 Å². The second-order valence-electron chi connectivity index (χ2n) is 5.29. The van der Waals surface area contributed by atoms with E-state index >= 15 is 0 Å². The largest absolute Gasteiger partial charge is 0.385 e. The Kier molecular flexibility index (Phi) is 3.66. The maximum atomic E-state index is 12.8. The summed E-state index contributed by atoms with van der Waals surface area (Å²) >= 11 is 0. The molecule has 0 bridgehead atoms. The normalized spacial score (nSPS) is 14.5. The second-order valence-corrected chi connectivity index (χ2v) is 7.18. The lowest BCUT2D eigenvalue weighted by Gasteiger charge is -2.20. The van der Waals surface area contributed by atoms with Crippen molar-refractivity contribution in [3.05, 3.63) is 53.1 Å². The number of fused-ring (bicyclic) bond motifs is 2. The molecule has 1 aliphatic rings. The first-order valence-corrected chi connectivity index (χ1v) is 8.69. The van der Waals surface area contributed by atoms with Crippen molar-refractivity contribution in [1.82, 2.24) is 0 Å². The zero-order valence-electron chi connectivity index (χ0n) is 12.5. The van der Waals surface area contributed by atoms with Gasteiger partial charge in [-0.25, -0.2) is 8.42 Å². The third-order valence-corrected chi connectivity index (χ3v) is 5.59. The maximum absolute atomic E-state index is 12.8. The zero-order chi connectivity index (χ0) is 16.6. The Morgan fingerprint density at radius 2 is 1.87 bits per heavy atom. The topological polar surface area (TPSA) is 87.0 Å². The van der Waals surface area contributed by atoms with E-state index in [1.807, 2.05) is 13.0 Å². The predicted octanol–water partition coefficient (Wildman–Crippen LogP) is 2.76. The third-order valence-electron chi connectivity index (χ3n) is 3.74. The third kappa shape index (κ3) is 2.39. The van der Waals surface area contributed by atoms with Gasteiger partial charge in [0.1, 0.15) is 0 Å². The highest BCUT2D eigenvalue weighted by atomic mass is 32.2. The van der Waals surface area contributed by atoms with Crippen LogP contribution in [0.25, 0.3) is 0 Å². The smallest absolute Gasteiger partial charge is 0.208 e. The van der Waals surface area contributed by atoms with Gasteiger partial charge in [0.2, 0.25) is 9.84 Å². The van der Waals surface area contributed by atoms with Crippen molar-refractivity contribution in [2.45, 2.75) is 23.1 Å². The van der Waals surface area contributed by atoms with Crippen molar-refractivity contribution in [2.24, 2.45) is 0 Å². The number of nitrogens with one attached hydrogen (secondary N) is 1. The van der Waals surface area contributed by atoms with Crippen LogP contribution in [0.5, 0.6) is 0 Å². The van der Waals surface area contributed by atoms with E-state index in [4.69, 9.17) is 5.26 Å². The summed E-state index contributed by atoms with van der Waals surface area (Å²) in [7, 11) is -3.80. The molecule has 3 rings (SSSR count). The molecule has 0 aromatic heterocycles. The molecular weight excluding hydrogens is 312 g/mol. The molecule has 1 aliphatic heterocycles. The number of sulfone groups is 1. The average Bonchev–Trinajstić information content (AvgIpc) is 2.57. The Balaban J connectivity index is 2.20. The van der Waals surface area contributed by atoms with Crippen molar-refractivity contribution in [1.29, 1.82) is 5.26 Å². The number of hydrogen-bond donors (Lipinski definition) is 1. The SMILES string of the molecule is CCCNc1ccc2c(c1)C(=O)c1ccc(C#N)cc1S2(=O)=O. The van der Waals surface area contributed by atoms with E-state index < -0.39 is 9.84 Å². The van der Waals surface area contributed by atoms with Gasteiger partial charge in [-0.05, 0) is 42.8 Å². The first-order valence-electron chi connectivity index (χ1n) is 7.21. The van der Waals surface area contributed by atoms with Gasteiger partial charge in [-0.1, -0.05) is 6.92 Å². The summed E-state index contributed by atoms with van der Waals surface area (Å²) in [5.74, 6) is -0.338. The monoisotopic (exact) mass is 326 g/mol. The number of nitrogens with zero attached hydrogens (tertiary/aromatic N) is 1. The minimum atomic E-state index is -3.80. The van der Waals surface area contributed by atoms with Gasteiger partial charge in [0.15, 0.2) is 5.78 Å². The summed E-state index contributed by atoms with van der Waals surface area (Å²) in [6, 6.07) is 10.7. The summed E-state index contributed by atoms with van der Waals surface area (Å²) in [5, 5.41) is 12.1. The molecule has 0 saturated carbocycles. The molecule has 2 aromatic rings. The quantitative estimate of drug-likeness (QED) is 0.799. The van der Waals surface area contributed by atoms with Gasteiger partial charge in [-0.2, -0.15) is 5.26 Å². The number of rotatable bonds is 3. The summed E-state index contributed by atoms with van der Waals surface area (Å²) in [4.78, 5) is 12.5. The number of nitriles is 1. The van der Waals surface area contributed by atoms with Crippen LogP contribution in [0.1, 0.15) is 34.8 Å². The van der Waals surface area contributed by atoms with Crippen molar-refractivity contribution in [2.75, 3.05) is 11.9 Å². The van der Waals surface area contributed by atoms with Gasteiger partial charge >= 0.3 is 0 Å². The van der Waals surface area contributed by atoms with E-state index in [1.165, 1.54) is 24.3 Å². The van der Waals surface area contributed by atoms with E-state index in [2.05, 4.69) is 5.32 Å². The minimum Gasteiger partial charge on any atom is -0.385 e. The molecule has 0 saturated heterocycles. The fourth-order valence-electron chi connectivity index (χ4n) is 2.59. The first-order chi connectivity index (χ1) is 11.0. The van der Waals surface area contributed by atoms with Gasteiger partial charge in [-0.15, -0.1) is 0 Å². The van der Waals surface area contributed by atoms with Crippen LogP contribution in [0.2, 0.25) is 0 Å². The Morgan fingerprint density at radius 1 is 1.09 bits per heavy atom. The molecular formula is C17H14N2O3S. The van der Waals surface area contributed by atoms with Crippen LogP contribution < -0.4 is 5.32 Å². The number of anilines is 1. The molecule has 1 heterocycles. The summed E-state index contributed by atoms with van der Waals surface area (Å²) in [6.07, 6.45) is 0.920. The molecule has 1 N–H and O–H groups in total. The van der Waals surface area contributed by atoms with E-state index in [1.54, 1.807) is 12.1 Å². The number of carbonyl (C=O) groups excluding carboxylic acids is 1. The van der Waals surface area contributed by atoms with E-state index in [9.17, 15) is 13.2 Å². The zero-order valence-corrected chi connectivity index (χ0v) is 13.3. The Hall–Kier alpha value is -2.65.